The van der Waals surface area contributed by atoms with Gasteiger partial charge >= 0.3 is 0 Å². The molecule has 0 unspecified atom stereocenters. The Morgan fingerprint density at radius 1 is 0.645 bits per heavy atom. The number of anilines is 1. The summed E-state index contributed by atoms with van der Waals surface area (Å²) in [4.78, 5) is 3.26. The fraction of sp³-hybridized carbons (Fsp3) is 0. The van der Waals surface area contributed by atoms with Crippen molar-refractivity contribution in [1.29, 1.82) is 0 Å². The first-order chi connectivity index (χ1) is 14.6. The van der Waals surface area contributed by atoms with Crippen molar-refractivity contribution >= 4 is 75.6 Å². The highest BCUT2D eigenvalue weighted by molar-refractivity contribution is 7.99. The van der Waals surface area contributed by atoms with Gasteiger partial charge in [-0.3, -0.25) is 0 Å². The molecule has 0 fully saturated rings. The summed E-state index contributed by atoms with van der Waals surface area (Å²) >= 11 is 12.2. The first-order valence-corrected chi connectivity index (χ1v) is 11.1. The standard InChI is InChI=1S/C16H12ClNS.C10H8S.ClH/c17-14-10-12(18)8-9-16(14)19-15-7-3-5-11-4-1-2-6-13(11)15;11-10-7-3-5-8-4-1-2-6-9(8)10;/h1-10H,18H2;1-7,11H;1H. The Hall–Kier alpha value is -2.30. The molecule has 0 aliphatic heterocycles. The number of benzene rings is 5. The number of hydrogen-bond acceptors (Lipinski definition) is 3. The molecule has 0 saturated carbocycles. The average molecular weight is 483 g/mol. The molecule has 0 atom stereocenters. The summed E-state index contributed by atoms with van der Waals surface area (Å²) in [5.41, 5.74) is 6.41. The predicted molar refractivity (Wildman–Crippen MR) is 142 cm³/mol. The molecule has 5 aromatic rings. The molecule has 31 heavy (non-hydrogen) atoms. The summed E-state index contributed by atoms with van der Waals surface area (Å²) in [5, 5.41) is 5.64. The molecule has 5 rings (SSSR count). The van der Waals surface area contributed by atoms with Gasteiger partial charge in [-0.25, -0.2) is 0 Å². The smallest absolute Gasteiger partial charge is 0.0565 e. The van der Waals surface area contributed by atoms with Crippen molar-refractivity contribution in [1.82, 2.24) is 0 Å². The van der Waals surface area contributed by atoms with Crippen LogP contribution in [0.25, 0.3) is 21.5 Å². The molecule has 5 heteroatoms. The molecule has 1 nitrogen and oxygen atoms in total. The predicted octanol–water partition coefficient (Wildman–Crippen LogP) is 8.78. The SMILES string of the molecule is Cl.Nc1ccc(Sc2cccc3ccccc23)c(Cl)c1.Sc1cccc2ccccc12. The van der Waals surface area contributed by atoms with Crippen molar-refractivity contribution in [3.05, 3.63) is 108 Å². The van der Waals surface area contributed by atoms with Crippen LogP contribution < -0.4 is 5.73 Å². The van der Waals surface area contributed by atoms with Gasteiger partial charge in [0.25, 0.3) is 0 Å². The fourth-order valence-corrected chi connectivity index (χ4v) is 4.78. The normalized spacial score (nSPS) is 10.3. The van der Waals surface area contributed by atoms with E-state index in [0.29, 0.717) is 10.7 Å². The van der Waals surface area contributed by atoms with Gasteiger partial charge in [0, 0.05) is 20.4 Å². The van der Waals surface area contributed by atoms with Gasteiger partial charge in [-0.1, -0.05) is 96.2 Å². The van der Waals surface area contributed by atoms with Gasteiger partial charge in [-0.15, -0.1) is 25.0 Å². The highest BCUT2D eigenvalue weighted by atomic mass is 35.5. The zero-order chi connectivity index (χ0) is 20.9. The van der Waals surface area contributed by atoms with E-state index in [1.807, 2.05) is 42.5 Å². The second kappa shape index (κ2) is 10.8. The van der Waals surface area contributed by atoms with Gasteiger partial charge in [-0.2, -0.15) is 0 Å². The minimum absolute atomic E-state index is 0. The van der Waals surface area contributed by atoms with E-state index in [-0.39, 0.29) is 12.4 Å². The van der Waals surface area contributed by atoms with Crippen LogP contribution in [0.15, 0.2) is 118 Å². The van der Waals surface area contributed by atoms with Crippen LogP contribution in [-0.2, 0) is 0 Å². The summed E-state index contributed by atoms with van der Waals surface area (Å²) in [6, 6.07) is 34.6. The molecule has 0 heterocycles. The van der Waals surface area contributed by atoms with Crippen LogP contribution in [0.1, 0.15) is 0 Å². The highest BCUT2D eigenvalue weighted by Crippen LogP contribution is 2.37. The van der Waals surface area contributed by atoms with Crippen molar-refractivity contribution in [2.75, 3.05) is 5.73 Å². The third kappa shape index (κ3) is 5.69. The first-order valence-electron chi connectivity index (χ1n) is 9.49. The van der Waals surface area contributed by atoms with Crippen LogP contribution in [0.3, 0.4) is 0 Å². The molecule has 0 radical (unpaired) electrons. The number of halogens is 2. The minimum Gasteiger partial charge on any atom is -0.399 e. The van der Waals surface area contributed by atoms with Crippen molar-refractivity contribution in [3.8, 4) is 0 Å². The summed E-state index contributed by atoms with van der Waals surface area (Å²) in [5.74, 6) is 0. The van der Waals surface area contributed by atoms with E-state index in [0.717, 1.165) is 9.79 Å². The van der Waals surface area contributed by atoms with Crippen LogP contribution >= 0.6 is 48.4 Å². The summed E-state index contributed by atoms with van der Waals surface area (Å²) in [7, 11) is 0. The van der Waals surface area contributed by atoms with Crippen LogP contribution in [0.5, 0.6) is 0 Å². The molecular formula is C26H21Cl2NS2. The lowest BCUT2D eigenvalue weighted by Crippen LogP contribution is -1.85. The maximum Gasteiger partial charge on any atom is 0.0565 e. The second-order valence-corrected chi connectivity index (χ2v) is 8.74. The molecule has 0 aromatic heterocycles. The van der Waals surface area contributed by atoms with Crippen LogP contribution in [0.4, 0.5) is 5.69 Å². The molecule has 5 aromatic carbocycles. The molecule has 0 aliphatic rings. The van der Waals surface area contributed by atoms with Crippen molar-refractivity contribution < 1.29 is 0 Å². The lowest BCUT2D eigenvalue weighted by molar-refractivity contribution is 1.44. The number of rotatable bonds is 2. The molecule has 0 bridgehead atoms. The molecule has 0 spiro atoms. The van der Waals surface area contributed by atoms with Crippen molar-refractivity contribution in [2.24, 2.45) is 0 Å². The van der Waals surface area contributed by atoms with Gasteiger partial charge in [0.15, 0.2) is 0 Å². The largest absolute Gasteiger partial charge is 0.399 e. The van der Waals surface area contributed by atoms with Crippen LogP contribution in [0.2, 0.25) is 5.02 Å². The highest BCUT2D eigenvalue weighted by Gasteiger charge is 2.06. The molecule has 156 valence electrons. The second-order valence-electron chi connectivity index (χ2n) is 6.77. The summed E-state index contributed by atoms with van der Waals surface area (Å²) in [6.07, 6.45) is 0. The quantitative estimate of drug-likeness (QED) is 0.194. The number of fused-ring (bicyclic) bond motifs is 2. The van der Waals surface area contributed by atoms with Crippen LogP contribution in [0, 0.1) is 0 Å². The summed E-state index contributed by atoms with van der Waals surface area (Å²) in [6.45, 7) is 0. The first kappa shape index (κ1) is 23.4. The van der Waals surface area contributed by atoms with E-state index < -0.39 is 0 Å². The zero-order valence-electron chi connectivity index (χ0n) is 16.5. The van der Waals surface area contributed by atoms with E-state index >= 15 is 0 Å². The molecule has 0 aliphatic carbocycles. The lowest BCUT2D eigenvalue weighted by Gasteiger charge is -2.08. The Balaban J connectivity index is 0.000000194. The Morgan fingerprint density at radius 3 is 1.90 bits per heavy atom. The van der Waals surface area contributed by atoms with Crippen molar-refractivity contribution in [2.45, 2.75) is 14.7 Å². The third-order valence-corrected chi connectivity index (χ3v) is 6.66. The molecule has 2 N–H and O–H groups in total. The lowest BCUT2D eigenvalue weighted by atomic mass is 10.1. The maximum absolute atomic E-state index is 6.23. The average Bonchev–Trinajstić information content (AvgIpc) is 2.77. The molecule has 0 amide bonds. The third-order valence-electron chi connectivity index (χ3n) is 4.69. The van der Waals surface area contributed by atoms with Crippen LogP contribution in [-0.4, -0.2) is 0 Å². The number of thiol groups is 1. The Kier molecular flexibility index (Phi) is 8.16. The van der Waals surface area contributed by atoms with Gasteiger partial charge in [0.2, 0.25) is 0 Å². The molecular weight excluding hydrogens is 461 g/mol. The molecule has 0 saturated heterocycles. The monoisotopic (exact) mass is 481 g/mol. The van der Waals surface area contributed by atoms with E-state index in [1.54, 1.807) is 17.8 Å². The van der Waals surface area contributed by atoms with Gasteiger partial charge in [-0.05, 0) is 51.9 Å². The number of nitrogen functional groups attached to an aromatic ring is 1. The number of nitrogens with two attached hydrogens (primary N) is 1. The van der Waals surface area contributed by atoms with E-state index in [2.05, 4.69) is 67.2 Å². The van der Waals surface area contributed by atoms with Crippen molar-refractivity contribution in [3.63, 3.8) is 0 Å². The van der Waals surface area contributed by atoms with Gasteiger partial charge < -0.3 is 5.73 Å². The Labute approximate surface area is 203 Å². The number of hydrogen-bond donors (Lipinski definition) is 2. The van der Waals surface area contributed by atoms with E-state index in [9.17, 15) is 0 Å². The van der Waals surface area contributed by atoms with Gasteiger partial charge in [0.05, 0.1) is 5.02 Å². The minimum atomic E-state index is 0. The fourth-order valence-electron chi connectivity index (χ4n) is 3.21. The topological polar surface area (TPSA) is 26.0 Å². The Morgan fingerprint density at radius 2 is 1.23 bits per heavy atom. The Bertz CT molecular complexity index is 1310. The van der Waals surface area contributed by atoms with Gasteiger partial charge in [0.1, 0.15) is 0 Å². The van der Waals surface area contributed by atoms with E-state index in [1.165, 1.54) is 26.4 Å². The van der Waals surface area contributed by atoms with E-state index in [4.69, 9.17) is 17.3 Å². The zero-order valence-corrected chi connectivity index (χ0v) is 19.8. The summed E-state index contributed by atoms with van der Waals surface area (Å²) < 4.78 is 0. The maximum atomic E-state index is 6.23.